The molecule has 0 saturated heterocycles. The number of aryl methyl sites for hydroxylation is 7. The summed E-state index contributed by atoms with van der Waals surface area (Å²) in [7, 11) is 59.2. The van der Waals surface area contributed by atoms with Crippen LogP contribution in [0.25, 0.3) is 0 Å². The van der Waals surface area contributed by atoms with Crippen molar-refractivity contribution < 1.29 is 156 Å². The third-order valence-electron chi connectivity index (χ3n) is 25.5. The van der Waals surface area contributed by atoms with Crippen molar-refractivity contribution in [3.05, 3.63) is 245 Å². The molecule has 740 valence electrons. The fourth-order valence-electron chi connectivity index (χ4n) is 15.4. The van der Waals surface area contributed by atoms with Crippen LogP contribution < -0.4 is 0 Å². The Morgan fingerprint density at radius 1 is 0.257 bits per heavy atom. The third kappa shape index (κ3) is 46.4. The Balaban J connectivity index is 0.000000406. The minimum atomic E-state index is -0.826. The van der Waals surface area contributed by atoms with Crippen molar-refractivity contribution in [1.82, 2.24) is 0 Å². The monoisotopic (exact) mass is 2550 g/mol. The van der Waals surface area contributed by atoms with Crippen molar-refractivity contribution >= 4 is 139 Å². The first kappa shape index (κ1) is 130. The maximum atomic E-state index is 10.8. The molecule has 8 aromatic carbocycles. The van der Waals surface area contributed by atoms with Crippen LogP contribution in [0.2, 0.25) is 0 Å². The third-order valence-corrected chi connectivity index (χ3v) is 25.5. The van der Waals surface area contributed by atoms with Crippen molar-refractivity contribution in [2.45, 2.75) is 337 Å². The van der Waals surface area contributed by atoms with Crippen LogP contribution in [0, 0.1) is 48.5 Å². The molecule has 0 atom stereocenters. The SMILES string of the molecule is CCC(C)(C)c1cc(C)cc(C=NC2CC2)c1O.CCC(C)(C)c1cc(C)cc(C=NC2CCC2)c1O.CCC(C)(C)c1cc(C)cc(C=NC2CCCC2)c1O.Cc1cc(C)c(O)c(C=NC2CCCC2)c1.Cc1cc(C=NC2CC2)c(O)c(C(C)(C)c2ccccc2)c1.Cc1cc(C=NC2CCC2)c(O)c(C(C)(C)c2ccccc2)c1.[Cl][Zr][Cl].[Cl][Zr][Cl].[Cl][Zr][Cl].[Cl][Zr][Cl].[Cl][Zr][Cl].[Cl][Zr][Cl]. The summed E-state index contributed by atoms with van der Waals surface area (Å²) in [6, 6.07) is 48.0. The summed E-state index contributed by atoms with van der Waals surface area (Å²) in [5.74, 6) is 2.28. The van der Waals surface area contributed by atoms with E-state index in [0.717, 1.165) is 97.2 Å². The van der Waals surface area contributed by atoms with Gasteiger partial charge >= 0.3 is 227 Å². The molecule has 6 saturated carbocycles. The summed E-state index contributed by atoms with van der Waals surface area (Å²) in [6.45, 7) is 42.5. The van der Waals surface area contributed by atoms with Crippen LogP contribution in [0.3, 0.4) is 0 Å². The van der Waals surface area contributed by atoms with Gasteiger partial charge in [0.2, 0.25) is 0 Å². The number of rotatable bonds is 22. The van der Waals surface area contributed by atoms with E-state index in [1.807, 2.05) is 130 Å². The van der Waals surface area contributed by atoms with E-state index in [4.69, 9.17) is 102 Å². The Morgan fingerprint density at radius 2 is 0.434 bits per heavy atom. The van der Waals surface area contributed by atoms with E-state index in [1.165, 1.54) is 149 Å². The summed E-state index contributed by atoms with van der Waals surface area (Å²) in [5.41, 5.74) is 19.9. The molecule has 6 N–H and O–H groups in total. The second-order valence-corrected chi connectivity index (χ2v) is 60.5. The predicted octanol–water partition coefficient (Wildman–Crippen LogP) is 34.3. The van der Waals surface area contributed by atoms with Gasteiger partial charge in [-0.15, -0.1) is 0 Å². The molecule has 0 spiro atoms. The first-order valence-electron chi connectivity index (χ1n) is 46.5. The molecule has 30 heteroatoms. The molecule has 12 nitrogen and oxygen atoms in total. The zero-order chi connectivity index (χ0) is 102. The zero-order valence-corrected chi connectivity index (χ0v) is 107. The molecule has 6 fully saturated rings. The van der Waals surface area contributed by atoms with Crippen LogP contribution in [0.4, 0.5) is 0 Å². The topological polar surface area (TPSA) is 196 Å². The molecule has 0 aliphatic heterocycles. The van der Waals surface area contributed by atoms with E-state index < -0.39 is 125 Å². The first-order valence-corrected chi connectivity index (χ1v) is 84.5. The second kappa shape index (κ2) is 68.8. The first-order chi connectivity index (χ1) is 64.4. The van der Waals surface area contributed by atoms with Gasteiger partial charge in [0.15, 0.2) is 0 Å². The van der Waals surface area contributed by atoms with Gasteiger partial charge in [-0.1, -0.05) is 213 Å². The van der Waals surface area contributed by atoms with Gasteiger partial charge in [-0.25, -0.2) is 0 Å². The van der Waals surface area contributed by atoms with Gasteiger partial charge < -0.3 is 30.6 Å². The standard InChI is InChI=1S/C21H25NO.C20H23NO.C18H27NO.C17H25NO.C16H23NO.C14H19NO.12ClH.6Zr/c1-15-12-16(14-22-18-10-7-11-18)20(23)19(13-15)21(2,3)17-8-5-4-6-9-17;1-14-11-15(13-21-17-9-10-17)19(22)18(12-14)20(2,3)16-7-5-4-6-8-16;1-5-18(3,4)16-11-13(2)10-14(17(16)20)12-19-15-8-6-7-9-15;1-5-17(3,4)15-10-12(2)9-13(16(15)19)11-18-14-7-6-8-14;1-5-16(3,4)14-9-11(2)8-12(15(14)18)10-17-13-6-7-13;1-10-7-11(2)14(16)12(8-10)9-15-13-5-3-4-6-13;;;;;;;;;;;;;;;;;;/h4-6,8-9,12-14,18,23H,7,10-11H2,1-3H3;4-8,11-13,17,22H,9-10H2,1-3H3;10-12,15,20H,5-9H2,1-4H3;9-11,14,19H,5-8H2,1-4H3;8-10,13,18H,5-7H2,1-4H3;7-9,13,16H,3-6H2,1-2H3;12*1H;;;;;;/q;;;;;;;;;;;;;;;;;;6*+2/p-12. The van der Waals surface area contributed by atoms with Crippen molar-refractivity contribution in [2.75, 3.05) is 0 Å². The van der Waals surface area contributed by atoms with E-state index in [1.54, 1.807) is 0 Å². The molecule has 0 amide bonds. The Labute approximate surface area is 928 Å². The van der Waals surface area contributed by atoms with Crippen molar-refractivity contribution in [1.29, 1.82) is 0 Å². The van der Waals surface area contributed by atoms with Crippen LogP contribution in [0.5, 0.6) is 34.5 Å². The second-order valence-electron chi connectivity index (χ2n) is 38.1. The summed E-state index contributed by atoms with van der Waals surface area (Å²) in [6.07, 6.45) is 36.1. The molecule has 0 bridgehead atoms. The number of nitrogens with zero attached hydrogens (tertiary/aromatic N) is 6. The molecule has 0 unspecified atom stereocenters. The fourth-order valence-corrected chi connectivity index (χ4v) is 15.4. The van der Waals surface area contributed by atoms with Crippen molar-refractivity contribution in [3.63, 3.8) is 0 Å². The molecule has 8 aromatic rings. The molecule has 0 aromatic heterocycles. The fraction of sp³-hybridized carbons (Fsp3) is 0.491. The predicted molar refractivity (Wildman–Crippen MR) is 571 cm³/mol. The number of phenols is 6. The molecule has 0 heterocycles. The summed E-state index contributed by atoms with van der Waals surface area (Å²) >= 11 is -4.95. The summed E-state index contributed by atoms with van der Waals surface area (Å²) in [4.78, 5) is 27.4. The molecule has 6 aliphatic rings. The molecular formula is C106H142Cl12N6O6Zr6. The molecule has 6 aliphatic carbocycles. The number of phenolic OH excluding ortho intramolecular Hbond substituents is 6. The van der Waals surface area contributed by atoms with E-state index in [0.29, 0.717) is 70.7 Å². The summed E-state index contributed by atoms with van der Waals surface area (Å²) < 4.78 is 0. The normalized spacial score (nSPS) is 14.9. The summed E-state index contributed by atoms with van der Waals surface area (Å²) in [5, 5.41) is 63.0. The van der Waals surface area contributed by atoms with Crippen LogP contribution in [-0.4, -0.2) is 104 Å². The zero-order valence-electron chi connectivity index (χ0n) is 82.9. The van der Waals surface area contributed by atoms with Gasteiger partial charge in [0, 0.05) is 133 Å². The van der Waals surface area contributed by atoms with Gasteiger partial charge in [-0.3, -0.25) is 30.0 Å². The average Bonchev–Trinajstić information content (AvgIpc) is 1.29. The van der Waals surface area contributed by atoms with Crippen molar-refractivity contribution in [3.8, 4) is 34.5 Å². The van der Waals surface area contributed by atoms with Gasteiger partial charge in [0.1, 0.15) is 34.5 Å². The van der Waals surface area contributed by atoms with E-state index in [2.05, 4.69) is 209 Å². The van der Waals surface area contributed by atoms with Gasteiger partial charge in [-0.05, 0) is 260 Å². The molecular weight excluding hydrogens is 2430 g/mol. The molecule has 0 radical (unpaired) electrons. The van der Waals surface area contributed by atoms with Gasteiger partial charge in [0.25, 0.3) is 0 Å². The Hall–Kier alpha value is -0.641. The van der Waals surface area contributed by atoms with E-state index in [-0.39, 0.29) is 27.1 Å². The van der Waals surface area contributed by atoms with Gasteiger partial charge in [0.05, 0.1) is 12.1 Å². The number of hydrogen-bond donors (Lipinski definition) is 6. The molecule has 14 rings (SSSR count). The van der Waals surface area contributed by atoms with Crippen molar-refractivity contribution in [2.24, 2.45) is 30.0 Å². The number of benzene rings is 8. The van der Waals surface area contributed by atoms with Crippen LogP contribution >= 0.6 is 102 Å². The average molecular weight is 2570 g/mol. The number of aliphatic imine (C=N–C) groups is 6. The molecule has 136 heavy (non-hydrogen) atoms. The minimum absolute atomic E-state index is 0.00171. The maximum absolute atomic E-state index is 10.8. The Bertz CT molecular complexity index is 5010. The van der Waals surface area contributed by atoms with E-state index >= 15 is 0 Å². The van der Waals surface area contributed by atoms with Crippen LogP contribution in [-0.2, 0) is 152 Å². The van der Waals surface area contributed by atoms with E-state index in [9.17, 15) is 30.6 Å². The van der Waals surface area contributed by atoms with Crippen LogP contribution in [0.1, 0.15) is 336 Å². The van der Waals surface area contributed by atoms with Gasteiger partial charge in [-0.2, -0.15) is 0 Å². The number of halogens is 12. The number of hydrogen-bond acceptors (Lipinski definition) is 12. The number of aromatic hydroxyl groups is 6. The Kier molecular flexibility index (Phi) is 65.5. The quantitative estimate of drug-likeness (QED) is 0.0365. The Morgan fingerprint density at radius 3 is 0.625 bits per heavy atom. The van der Waals surface area contributed by atoms with Crippen LogP contribution in [0.15, 0.2) is 163 Å².